The predicted molar refractivity (Wildman–Crippen MR) is 78.4 cm³/mol. The van der Waals surface area contributed by atoms with Gasteiger partial charge in [-0.05, 0) is 24.5 Å². The second-order valence-electron chi connectivity index (χ2n) is 5.83. The topological polar surface area (TPSA) is 38.5 Å². The number of hydrogen-bond acceptors (Lipinski definition) is 3. The molecule has 1 saturated heterocycles. The maximum Gasteiger partial charge on any atom is 0.0642 e. The van der Waals surface area contributed by atoms with Gasteiger partial charge in [0.15, 0.2) is 0 Å². The lowest BCUT2D eigenvalue weighted by Gasteiger charge is -2.39. The second kappa shape index (κ2) is 5.51. The van der Waals surface area contributed by atoms with Gasteiger partial charge in [-0.3, -0.25) is 0 Å². The molecule has 1 aromatic rings. The van der Waals surface area contributed by atoms with Gasteiger partial charge >= 0.3 is 0 Å². The van der Waals surface area contributed by atoms with Crippen LogP contribution in [0.3, 0.4) is 0 Å². The van der Waals surface area contributed by atoms with Gasteiger partial charge in [0.1, 0.15) is 0 Å². The van der Waals surface area contributed by atoms with Crippen molar-refractivity contribution in [1.82, 2.24) is 0 Å². The van der Waals surface area contributed by atoms with Gasteiger partial charge in [-0.15, -0.1) is 0 Å². The Morgan fingerprint density at radius 1 is 1.00 bits per heavy atom. The monoisotopic (exact) mass is 260 g/mol. The normalized spacial score (nSPS) is 23.3. The van der Waals surface area contributed by atoms with E-state index in [9.17, 15) is 0 Å². The lowest BCUT2D eigenvalue weighted by molar-refractivity contribution is 0.122. The molecule has 0 atom stereocenters. The minimum atomic E-state index is -0.118. The maximum atomic E-state index is 6.73. The lowest BCUT2D eigenvalue weighted by Crippen LogP contribution is -2.42. The van der Waals surface area contributed by atoms with Crippen molar-refractivity contribution in [2.24, 2.45) is 5.73 Å². The summed E-state index contributed by atoms with van der Waals surface area (Å²) in [7, 11) is 0. The Kier molecular flexibility index (Phi) is 3.76. The van der Waals surface area contributed by atoms with Crippen LogP contribution in [-0.2, 0) is 10.3 Å². The first-order valence-electron chi connectivity index (χ1n) is 7.51. The molecule has 3 heteroatoms. The number of anilines is 1. The summed E-state index contributed by atoms with van der Waals surface area (Å²) >= 11 is 0. The number of nitrogens with zero attached hydrogens (tertiary/aromatic N) is 1. The van der Waals surface area contributed by atoms with Crippen LogP contribution in [0.4, 0.5) is 5.69 Å². The highest BCUT2D eigenvalue weighted by atomic mass is 16.5. The summed E-state index contributed by atoms with van der Waals surface area (Å²) in [6.45, 7) is 3.61. The number of rotatable bonds is 2. The van der Waals surface area contributed by atoms with E-state index in [1.54, 1.807) is 0 Å². The van der Waals surface area contributed by atoms with Crippen LogP contribution in [0.25, 0.3) is 0 Å². The third kappa shape index (κ3) is 2.63. The standard InChI is InChI=1S/C16H24N2O/c17-16(8-4-1-5-9-16)14-6-2-3-7-15(14)18-10-12-19-13-11-18/h2-3,6-7H,1,4-5,8-13,17H2. The lowest BCUT2D eigenvalue weighted by atomic mass is 9.76. The van der Waals surface area contributed by atoms with Crippen molar-refractivity contribution in [3.63, 3.8) is 0 Å². The molecule has 2 fully saturated rings. The molecule has 2 aliphatic rings. The highest BCUT2D eigenvalue weighted by Crippen LogP contribution is 2.39. The number of ether oxygens (including phenoxy) is 1. The quantitative estimate of drug-likeness (QED) is 0.888. The van der Waals surface area contributed by atoms with E-state index in [1.807, 2.05) is 0 Å². The Hall–Kier alpha value is -1.06. The number of hydrogen-bond donors (Lipinski definition) is 1. The molecule has 0 spiro atoms. The summed E-state index contributed by atoms with van der Waals surface area (Å²) in [4.78, 5) is 2.43. The third-order valence-corrected chi connectivity index (χ3v) is 4.54. The molecule has 0 unspecified atom stereocenters. The molecule has 1 saturated carbocycles. The fourth-order valence-electron chi connectivity index (χ4n) is 3.43. The summed E-state index contributed by atoms with van der Waals surface area (Å²) < 4.78 is 5.46. The Morgan fingerprint density at radius 2 is 1.68 bits per heavy atom. The van der Waals surface area contributed by atoms with E-state index in [2.05, 4.69) is 29.2 Å². The highest BCUT2D eigenvalue weighted by Gasteiger charge is 2.32. The van der Waals surface area contributed by atoms with E-state index in [-0.39, 0.29) is 5.54 Å². The number of benzene rings is 1. The van der Waals surface area contributed by atoms with Crippen molar-refractivity contribution in [1.29, 1.82) is 0 Å². The SMILES string of the molecule is NC1(c2ccccc2N2CCOCC2)CCCCC1. The smallest absolute Gasteiger partial charge is 0.0642 e. The number of para-hydroxylation sites is 1. The molecule has 1 aliphatic heterocycles. The Labute approximate surface area is 115 Å². The van der Waals surface area contributed by atoms with Crippen LogP contribution >= 0.6 is 0 Å². The van der Waals surface area contributed by atoms with Crippen molar-refractivity contribution in [2.75, 3.05) is 31.2 Å². The van der Waals surface area contributed by atoms with Gasteiger partial charge in [-0.25, -0.2) is 0 Å². The predicted octanol–water partition coefficient (Wildman–Crippen LogP) is 2.64. The van der Waals surface area contributed by atoms with E-state index in [0.717, 1.165) is 39.1 Å². The van der Waals surface area contributed by atoms with Crippen LogP contribution in [0.15, 0.2) is 24.3 Å². The summed E-state index contributed by atoms with van der Waals surface area (Å²) in [6.07, 6.45) is 6.09. The van der Waals surface area contributed by atoms with Crippen LogP contribution in [0, 0.1) is 0 Å². The Balaban J connectivity index is 1.91. The molecule has 2 N–H and O–H groups in total. The Morgan fingerprint density at radius 3 is 2.42 bits per heavy atom. The minimum Gasteiger partial charge on any atom is -0.378 e. The first-order chi connectivity index (χ1) is 9.30. The second-order valence-corrected chi connectivity index (χ2v) is 5.83. The Bertz CT molecular complexity index is 421. The van der Waals surface area contributed by atoms with Crippen LogP contribution < -0.4 is 10.6 Å². The zero-order valence-corrected chi connectivity index (χ0v) is 11.6. The molecule has 104 valence electrons. The number of morpholine rings is 1. The largest absolute Gasteiger partial charge is 0.378 e. The molecule has 0 amide bonds. The van der Waals surface area contributed by atoms with E-state index >= 15 is 0 Å². The summed E-state index contributed by atoms with van der Waals surface area (Å²) in [5.41, 5.74) is 9.28. The molecule has 1 heterocycles. The van der Waals surface area contributed by atoms with Gasteiger partial charge in [0.2, 0.25) is 0 Å². The van der Waals surface area contributed by atoms with E-state index in [4.69, 9.17) is 10.5 Å². The molecular formula is C16H24N2O. The molecule has 0 bridgehead atoms. The van der Waals surface area contributed by atoms with Gasteiger partial charge in [-0.1, -0.05) is 37.5 Å². The molecule has 19 heavy (non-hydrogen) atoms. The van der Waals surface area contributed by atoms with E-state index in [1.165, 1.54) is 30.5 Å². The molecule has 0 aromatic heterocycles. The van der Waals surface area contributed by atoms with Crippen LogP contribution in [0.5, 0.6) is 0 Å². The fourth-order valence-corrected chi connectivity index (χ4v) is 3.43. The summed E-state index contributed by atoms with van der Waals surface area (Å²) in [6, 6.07) is 8.71. The minimum absolute atomic E-state index is 0.118. The molecular weight excluding hydrogens is 236 g/mol. The average Bonchev–Trinajstić information content (AvgIpc) is 2.49. The third-order valence-electron chi connectivity index (χ3n) is 4.54. The maximum absolute atomic E-state index is 6.73. The summed E-state index contributed by atoms with van der Waals surface area (Å²) in [5, 5.41) is 0. The molecule has 3 rings (SSSR count). The van der Waals surface area contributed by atoms with Crippen LogP contribution in [-0.4, -0.2) is 26.3 Å². The van der Waals surface area contributed by atoms with Crippen molar-refractivity contribution in [3.8, 4) is 0 Å². The van der Waals surface area contributed by atoms with Crippen molar-refractivity contribution < 1.29 is 4.74 Å². The zero-order valence-electron chi connectivity index (χ0n) is 11.6. The van der Waals surface area contributed by atoms with E-state index < -0.39 is 0 Å². The molecule has 3 nitrogen and oxygen atoms in total. The fraction of sp³-hybridized carbons (Fsp3) is 0.625. The highest BCUT2D eigenvalue weighted by molar-refractivity contribution is 5.57. The summed E-state index contributed by atoms with van der Waals surface area (Å²) in [5.74, 6) is 0. The van der Waals surface area contributed by atoms with Crippen LogP contribution in [0.1, 0.15) is 37.7 Å². The van der Waals surface area contributed by atoms with Crippen molar-refractivity contribution in [3.05, 3.63) is 29.8 Å². The van der Waals surface area contributed by atoms with Crippen molar-refractivity contribution in [2.45, 2.75) is 37.6 Å². The molecule has 1 aromatic carbocycles. The molecule has 1 aliphatic carbocycles. The van der Waals surface area contributed by atoms with Crippen molar-refractivity contribution >= 4 is 5.69 Å². The van der Waals surface area contributed by atoms with Gasteiger partial charge in [0, 0.05) is 24.3 Å². The van der Waals surface area contributed by atoms with Crippen LogP contribution in [0.2, 0.25) is 0 Å². The van der Waals surface area contributed by atoms with Gasteiger partial charge in [-0.2, -0.15) is 0 Å². The first kappa shape index (κ1) is 12.9. The first-order valence-corrected chi connectivity index (χ1v) is 7.51. The van der Waals surface area contributed by atoms with Gasteiger partial charge in [0.05, 0.1) is 13.2 Å². The number of nitrogens with two attached hydrogens (primary N) is 1. The van der Waals surface area contributed by atoms with Gasteiger partial charge in [0.25, 0.3) is 0 Å². The zero-order chi connectivity index (χ0) is 13.1. The van der Waals surface area contributed by atoms with E-state index in [0.29, 0.717) is 0 Å². The molecule has 0 radical (unpaired) electrons. The average molecular weight is 260 g/mol. The van der Waals surface area contributed by atoms with Gasteiger partial charge < -0.3 is 15.4 Å².